The highest BCUT2D eigenvalue weighted by atomic mass is 16.4. The number of carbonyl (C=O) groups is 9. The van der Waals surface area contributed by atoms with Crippen LogP contribution in [0, 0.1) is 29.6 Å². The maximum absolute atomic E-state index is 14.0. The van der Waals surface area contributed by atoms with Gasteiger partial charge in [-0.25, -0.2) is 0 Å². The molecular weight excluding hydrogens is 833 g/mol. The van der Waals surface area contributed by atoms with Crippen molar-refractivity contribution in [2.24, 2.45) is 57.5 Å². The topological polar surface area (TPSA) is 375 Å². The van der Waals surface area contributed by atoms with Gasteiger partial charge in [-0.1, -0.05) is 69.2 Å². The first-order chi connectivity index (χ1) is 29.6. The summed E-state index contributed by atoms with van der Waals surface area (Å²) in [7, 11) is 0. The zero-order valence-electron chi connectivity index (χ0n) is 39.5. The van der Waals surface area contributed by atoms with Crippen LogP contribution in [0.2, 0.25) is 0 Å². The number of aliphatic carboxylic acids is 1. The first kappa shape index (κ1) is 58.5. The Morgan fingerprint density at radius 3 is 1.25 bits per heavy atom. The average molecular weight is 911 g/mol. The van der Waals surface area contributed by atoms with Gasteiger partial charge in [0, 0.05) is 13.0 Å². The number of hydrogen-bond donors (Lipinski definition) is 12. The van der Waals surface area contributed by atoms with Crippen LogP contribution in [0.1, 0.15) is 121 Å². The van der Waals surface area contributed by atoms with Gasteiger partial charge in [0.2, 0.25) is 47.3 Å². The van der Waals surface area contributed by atoms with Crippen molar-refractivity contribution in [3.05, 3.63) is 0 Å². The Balaban J connectivity index is 6.48. The van der Waals surface area contributed by atoms with Crippen molar-refractivity contribution in [1.82, 2.24) is 37.2 Å². The van der Waals surface area contributed by atoms with Crippen LogP contribution in [0.25, 0.3) is 0 Å². The third-order valence-corrected chi connectivity index (χ3v) is 9.86. The lowest BCUT2D eigenvalue weighted by atomic mass is 9.98. The predicted molar refractivity (Wildman–Crippen MR) is 241 cm³/mol. The van der Waals surface area contributed by atoms with Gasteiger partial charge in [-0.2, -0.15) is 0 Å². The number of nitrogens with two attached hydrogens (primary N) is 4. The summed E-state index contributed by atoms with van der Waals surface area (Å²) in [5, 5.41) is 27.6. The molecule has 0 heterocycles. The second-order valence-electron chi connectivity index (χ2n) is 18.2. The Morgan fingerprint density at radius 1 is 0.484 bits per heavy atom. The minimum Gasteiger partial charge on any atom is -0.480 e. The summed E-state index contributed by atoms with van der Waals surface area (Å²) in [6, 6.07) is -9.54. The molecule has 0 fully saturated rings. The highest BCUT2D eigenvalue weighted by molar-refractivity contribution is 5.97. The van der Waals surface area contributed by atoms with Crippen LogP contribution in [-0.2, 0) is 43.2 Å². The lowest BCUT2D eigenvalue weighted by Crippen LogP contribution is -2.61. The zero-order chi connectivity index (χ0) is 49.6. The van der Waals surface area contributed by atoms with E-state index in [1.54, 1.807) is 41.5 Å². The summed E-state index contributed by atoms with van der Waals surface area (Å²) >= 11 is 0. The number of nitrogens with one attached hydrogen (secondary N) is 7. The molecular formula is C42H78N12O10. The van der Waals surface area contributed by atoms with E-state index in [-0.39, 0.29) is 68.8 Å². The summed E-state index contributed by atoms with van der Waals surface area (Å²) in [5.41, 5.74) is 22.2. The van der Waals surface area contributed by atoms with E-state index in [4.69, 9.17) is 22.9 Å². The molecule has 64 heavy (non-hydrogen) atoms. The van der Waals surface area contributed by atoms with Gasteiger partial charge < -0.3 is 65.3 Å². The molecule has 8 atom stereocenters. The smallest absolute Gasteiger partial charge is 0.325 e. The number of carbonyl (C=O) groups excluding carboxylic acids is 8. The molecule has 0 rings (SSSR count). The van der Waals surface area contributed by atoms with E-state index in [2.05, 4.69) is 42.2 Å². The van der Waals surface area contributed by atoms with Gasteiger partial charge in [-0.05, 0) is 75.0 Å². The first-order valence-corrected chi connectivity index (χ1v) is 22.0. The molecule has 0 aromatic rings. The molecule has 16 N–H and O–H groups in total. The molecule has 22 nitrogen and oxygen atoms in total. The number of rotatable bonds is 30. The molecule has 0 bridgehead atoms. The molecule has 366 valence electrons. The van der Waals surface area contributed by atoms with Crippen LogP contribution in [-0.4, -0.2) is 119 Å². The molecule has 0 aliphatic carbocycles. The van der Waals surface area contributed by atoms with Gasteiger partial charge in [0.05, 0.1) is 6.04 Å². The summed E-state index contributed by atoms with van der Waals surface area (Å²) in [6.07, 6.45) is 0.281. The molecule has 0 aliphatic rings. The quantitative estimate of drug-likeness (QED) is 0.0224. The number of hydrogen-bond acceptors (Lipinski definition) is 11. The van der Waals surface area contributed by atoms with Crippen LogP contribution in [0.5, 0.6) is 0 Å². The first-order valence-electron chi connectivity index (χ1n) is 22.0. The molecule has 0 spiro atoms. The van der Waals surface area contributed by atoms with Gasteiger partial charge in [-0.3, -0.25) is 48.1 Å². The lowest BCUT2D eigenvalue weighted by Gasteiger charge is -2.30. The maximum Gasteiger partial charge on any atom is 0.325 e. The minimum absolute atomic E-state index is 0.0174. The van der Waals surface area contributed by atoms with Gasteiger partial charge in [0.25, 0.3) is 0 Å². The lowest BCUT2D eigenvalue weighted by molar-refractivity contribution is -0.142. The molecule has 0 saturated carbocycles. The summed E-state index contributed by atoms with van der Waals surface area (Å²) < 4.78 is 0. The zero-order valence-corrected chi connectivity index (χ0v) is 39.5. The van der Waals surface area contributed by atoms with Crippen LogP contribution in [0.15, 0.2) is 4.99 Å². The monoisotopic (exact) mass is 911 g/mol. The SMILES string of the molecule is CC(C)C[C@H](NC(=O)[C@H](CCC(N)=O)NC(=O)[C@@H](NC(=O)[C@@H](N)CC(C)C)C(C)C)C(=O)N[C@@H](CC(C)C)C(=O)N[C@H](C(=O)N[C@@H](CCCN=C(N)N)C(=O)N[C@@H](C)C(=O)O)C(C)C. The Kier molecular flexibility index (Phi) is 26.5. The summed E-state index contributed by atoms with van der Waals surface area (Å²) in [6.45, 7) is 19.1. The molecule has 0 saturated heterocycles. The number of nitrogens with zero attached hydrogens (tertiary/aromatic N) is 1. The largest absolute Gasteiger partial charge is 0.480 e. The van der Waals surface area contributed by atoms with E-state index < -0.39 is 113 Å². The Morgan fingerprint density at radius 2 is 0.859 bits per heavy atom. The van der Waals surface area contributed by atoms with E-state index in [1.807, 2.05) is 27.7 Å². The summed E-state index contributed by atoms with van der Waals surface area (Å²) in [4.78, 5) is 122. The van der Waals surface area contributed by atoms with Crippen molar-refractivity contribution >= 4 is 59.2 Å². The standard InChI is InChI=1S/C42H78N12O10/c1-20(2)17-26(43)34(56)53-32(23(7)8)39(61)50-28(14-15-31(44)55)36(58)51-29(18-21(3)4)37(59)52-30(19-22(5)6)38(60)54-33(24(9)10)40(62)49-27(13-12-16-47-42(45)46)35(57)48-25(11)41(63)64/h20-30,32-33H,12-19,43H2,1-11H3,(H2,44,55)(H,48,57)(H,49,62)(H,50,61)(H,51,58)(H,52,59)(H,53,56)(H,54,60)(H,63,64)(H4,45,46,47)/t25-,26-,27-,28-,29-,30-,32-,33-/m0/s1. The van der Waals surface area contributed by atoms with Crippen molar-refractivity contribution in [3.8, 4) is 0 Å². The van der Waals surface area contributed by atoms with Gasteiger partial charge in [-0.15, -0.1) is 0 Å². The van der Waals surface area contributed by atoms with E-state index in [0.29, 0.717) is 6.42 Å². The maximum atomic E-state index is 14.0. The second kappa shape index (κ2) is 29.0. The fraction of sp³-hybridized carbons (Fsp3) is 0.762. The third kappa shape index (κ3) is 23.2. The van der Waals surface area contributed by atoms with Crippen LogP contribution in [0.3, 0.4) is 0 Å². The van der Waals surface area contributed by atoms with Crippen LogP contribution in [0.4, 0.5) is 0 Å². The molecule has 0 aromatic carbocycles. The highest BCUT2D eigenvalue weighted by Gasteiger charge is 2.36. The highest BCUT2D eigenvalue weighted by Crippen LogP contribution is 2.13. The van der Waals surface area contributed by atoms with Crippen LogP contribution < -0.4 is 60.2 Å². The predicted octanol–water partition coefficient (Wildman–Crippen LogP) is -1.42. The number of guanidine groups is 1. The number of carboxylic acid groups (broad SMARTS) is 1. The number of carboxylic acids is 1. The molecule has 22 heteroatoms. The van der Waals surface area contributed by atoms with Crippen molar-refractivity contribution in [3.63, 3.8) is 0 Å². The molecule has 0 unspecified atom stereocenters. The second-order valence-corrected chi connectivity index (χ2v) is 18.2. The Labute approximate surface area is 377 Å². The van der Waals surface area contributed by atoms with Gasteiger partial charge >= 0.3 is 5.97 Å². The van der Waals surface area contributed by atoms with E-state index in [1.165, 1.54) is 6.92 Å². The fourth-order valence-electron chi connectivity index (χ4n) is 6.38. The number of amides is 8. The molecule has 8 amide bonds. The minimum atomic E-state index is -1.37. The van der Waals surface area contributed by atoms with Crippen molar-refractivity contribution in [2.45, 2.75) is 169 Å². The third-order valence-electron chi connectivity index (χ3n) is 9.86. The van der Waals surface area contributed by atoms with E-state index in [0.717, 1.165) is 0 Å². The summed E-state index contributed by atoms with van der Waals surface area (Å²) in [5.74, 6) is -8.52. The molecule has 0 aromatic heterocycles. The Hall–Kier alpha value is -5.54. The number of primary amides is 1. The van der Waals surface area contributed by atoms with Gasteiger partial charge in [0.15, 0.2) is 5.96 Å². The van der Waals surface area contributed by atoms with Crippen molar-refractivity contribution < 1.29 is 48.3 Å². The Bertz CT molecular complexity index is 1620. The van der Waals surface area contributed by atoms with Crippen molar-refractivity contribution in [2.75, 3.05) is 6.54 Å². The van der Waals surface area contributed by atoms with Crippen molar-refractivity contribution in [1.29, 1.82) is 0 Å². The molecule has 0 radical (unpaired) electrons. The average Bonchev–Trinajstić information content (AvgIpc) is 3.16. The normalized spacial score (nSPS) is 15.1. The number of aliphatic imine (C=N–C) groups is 1. The van der Waals surface area contributed by atoms with E-state index in [9.17, 15) is 48.3 Å². The van der Waals surface area contributed by atoms with Crippen LogP contribution >= 0.6 is 0 Å². The fourth-order valence-corrected chi connectivity index (χ4v) is 6.38. The van der Waals surface area contributed by atoms with E-state index >= 15 is 0 Å². The molecule has 0 aliphatic heterocycles. The van der Waals surface area contributed by atoms with Gasteiger partial charge in [0.1, 0.15) is 42.3 Å².